The Labute approximate surface area is 181 Å². The van der Waals surface area contributed by atoms with Crippen LogP contribution in [0.15, 0.2) is 18.3 Å². The molecule has 1 N–H and O–H groups in total. The van der Waals surface area contributed by atoms with Crippen LogP contribution in [-0.2, 0) is 4.79 Å². The van der Waals surface area contributed by atoms with Gasteiger partial charge in [-0.2, -0.15) is 0 Å². The Balaban J connectivity index is 1.78. The molecule has 1 saturated heterocycles. The summed E-state index contributed by atoms with van der Waals surface area (Å²) in [5, 5.41) is 3.10. The van der Waals surface area contributed by atoms with E-state index in [0.29, 0.717) is 37.5 Å². The van der Waals surface area contributed by atoms with Crippen LogP contribution in [0, 0.1) is 12.8 Å². The summed E-state index contributed by atoms with van der Waals surface area (Å²) in [6.07, 6.45) is 9.08. The minimum atomic E-state index is -0.0198. The van der Waals surface area contributed by atoms with Crippen molar-refractivity contribution in [3.63, 3.8) is 0 Å². The van der Waals surface area contributed by atoms with Crippen molar-refractivity contribution in [3.05, 3.63) is 29.6 Å². The smallest absolute Gasteiger partial charge is 0.254 e. The van der Waals surface area contributed by atoms with Gasteiger partial charge in [-0.05, 0) is 44.2 Å². The second kappa shape index (κ2) is 10.4. The summed E-state index contributed by atoms with van der Waals surface area (Å²) in [4.78, 5) is 34.6. The van der Waals surface area contributed by atoms with E-state index in [2.05, 4.69) is 29.0 Å². The fraction of sp³-hybridized carbons (Fsp3) is 0.708. The summed E-state index contributed by atoms with van der Waals surface area (Å²) < 4.78 is 0. The molecule has 30 heavy (non-hydrogen) atoms. The zero-order valence-corrected chi connectivity index (χ0v) is 19.0. The molecule has 2 fully saturated rings. The van der Waals surface area contributed by atoms with Crippen LogP contribution >= 0.6 is 0 Å². The molecule has 6 heteroatoms. The zero-order chi connectivity index (χ0) is 21.6. The highest BCUT2D eigenvalue weighted by Gasteiger charge is 2.40. The Bertz CT molecular complexity index is 728. The molecular weight excluding hydrogens is 376 g/mol. The maximum absolute atomic E-state index is 13.1. The molecule has 2 amide bonds. The van der Waals surface area contributed by atoms with E-state index in [1.54, 1.807) is 12.3 Å². The van der Waals surface area contributed by atoms with Crippen molar-refractivity contribution in [3.8, 4) is 0 Å². The molecule has 1 spiro atoms. The summed E-state index contributed by atoms with van der Waals surface area (Å²) in [7, 11) is 0. The Morgan fingerprint density at radius 1 is 1.17 bits per heavy atom. The molecule has 0 radical (unpaired) electrons. The molecule has 1 aromatic rings. The number of carbonyl (C=O) groups excluding carboxylic acids is 2. The van der Waals surface area contributed by atoms with Crippen molar-refractivity contribution < 1.29 is 9.59 Å². The number of aromatic nitrogens is 1. The van der Waals surface area contributed by atoms with Crippen molar-refractivity contribution in [2.75, 3.05) is 32.7 Å². The van der Waals surface area contributed by atoms with Gasteiger partial charge in [-0.25, -0.2) is 0 Å². The van der Waals surface area contributed by atoms with Gasteiger partial charge >= 0.3 is 0 Å². The molecule has 1 aliphatic heterocycles. The maximum atomic E-state index is 13.1. The standard InChI is InChI=1S/C24H38N4O2/c1-19(2)18-28-14-7-13-27(23(30)21-8-11-25-20(3)16-21)15-12-26-22(29)17-24(28)9-5-4-6-10-24/h8,11,16,19H,4-7,9-10,12-15,17-18H2,1-3H3,(H,26,29). The summed E-state index contributed by atoms with van der Waals surface area (Å²) in [5.41, 5.74) is 1.49. The Hall–Kier alpha value is -1.95. The number of nitrogens with one attached hydrogen (secondary N) is 1. The highest BCUT2D eigenvalue weighted by molar-refractivity contribution is 5.94. The lowest BCUT2D eigenvalue weighted by Crippen LogP contribution is -2.54. The van der Waals surface area contributed by atoms with E-state index in [4.69, 9.17) is 0 Å². The van der Waals surface area contributed by atoms with Gasteiger partial charge in [0.25, 0.3) is 5.91 Å². The van der Waals surface area contributed by atoms with Crippen molar-refractivity contribution in [2.24, 2.45) is 5.92 Å². The van der Waals surface area contributed by atoms with E-state index < -0.39 is 0 Å². The summed E-state index contributed by atoms with van der Waals surface area (Å²) in [5.74, 6) is 0.700. The lowest BCUT2D eigenvalue weighted by Gasteiger charge is -2.47. The first-order chi connectivity index (χ1) is 14.4. The predicted octanol–water partition coefficient (Wildman–Crippen LogP) is 3.40. The highest BCUT2D eigenvalue weighted by atomic mass is 16.2. The summed E-state index contributed by atoms with van der Waals surface area (Å²) in [6.45, 7) is 10.1. The Morgan fingerprint density at radius 2 is 1.93 bits per heavy atom. The van der Waals surface area contributed by atoms with Gasteiger partial charge in [0.05, 0.1) is 0 Å². The predicted molar refractivity (Wildman–Crippen MR) is 119 cm³/mol. The fourth-order valence-corrected chi connectivity index (χ4v) is 5.10. The van der Waals surface area contributed by atoms with E-state index in [0.717, 1.165) is 38.0 Å². The average molecular weight is 415 g/mol. The van der Waals surface area contributed by atoms with Gasteiger partial charge in [-0.1, -0.05) is 33.1 Å². The molecule has 1 saturated carbocycles. The molecule has 2 aliphatic rings. The molecule has 3 rings (SSSR count). The van der Waals surface area contributed by atoms with E-state index in [-0.39, 0.29) is 17.4 Å². The first-order valence-electron chi connectivity index (χ1n) is 11.6. The number of nitrogens with zero attached hydrogens (tertiary/aromatic N) is 3. The zero-order valence-electron chi connectivity index (χ0n) is 19.0. The van der Waals surface area contributed by atoms with E-state index >= 15 is 0 Å². The van der Waals surface area contributed by atoms with Crippen molar-refractivity contribution >= 4 is 11.8 Å². The van der Waals surface area contributed by atoms with E-state index in [1.807, 2.05) is 17.9 Å². The molecule has 0 atom stereocenters. The first-order valence-corrected chi connectivity index (χ1v) is 11.6. The molecular formula is C24H38N4O2. The largest absolute Gasteiger partial charge is 0.354 e. The number of pyridine rings is 1. The van der Waals surface area contributed by atoms with Crippen LogP contribution in [0.1, 0.15) is 74.8 Å². The minimum Gasteiger partial charge on any atom is -0.354 e. The van der Waals surface area contributed by atoms with Crippen molar-refractivity contribution in [1.82, 2.24) is 20.1 Å². The van der Waals surface area contributed by atoms with Crippen molar-refractivity contribution in [1.29, 1.82) is 0 Å². The highest BCUT2D eigenvalue weighted by Crippen LogP contribution is 2.37. The molecule has 0 aromatic carbocycles. The third-order valence-corrected chi connectivity index (χ3v) is 6.52. The van der Waals surface area contributed by atoms with Gasteiger partial charge in [0.2, 0.25) is 5.91 Å². The second-order valence-corrected chi connectivity index (χ2v) is 9.48. The molecule has 0 unspecified atom stereocenters. The third kappa shape index (κ3) is 5.81. The quantitative estimate of drug-likeness (QED) is 0.823. The number of rotatable bonds is 3. The van der Waals surface area contributed by atoms with Gasteiger partial charge in [0.1, 0.15) is 0 Å². The molecule has 2 heterocycles. The number of hydrogen-bond donors (Lipinski definition) is 1. The van der Waals surface area contributed by atoms with Crippen LogP contribution in [0.5, 0.6) is 0 Å². The van der Waals surface area contributed by atoms with E-state index in [9.17, 15) is 9.59 Å². The van der Waals surface area contributed by atoms with Crippen LogP contribution < -0.4 is 5.32 Å². The van der Waals surface area contributed by atoms with Crippen LogP contribution in [0.4, 0.5) is 0 Å². The Kier molecular flexibility index (Phi) is 7.87. The van der Waals surface area contributed by atoms with Gasteiger partial charge in [-0.15, -0.1) is 0 Å². The number of aryl methyl sites for hydroxylation is 1. The van der Waals surface area contributed by atoms with Gasteiger partial charge in [-0.3, -0.25) is 19.5 Å². The lowest BCUT2D eigenvalue weighted by atomic mass is 9.77. The van der Waals surface area contributed by atoms with Crippen LogP contribution in [0.3, 0.4) is 0 Å². The molecule has 1 aromatic heterocycles. The first kappa shape index (κ1) is 22.7. The molecule has 6 nitrogen and oxygen atoms in total. The average Bonchev–Trinajstić information content (AvgIpc) is 2.73. The molecule has 166 valence electrons. The SMILES string of the molecule is Cc1cc(C(=O)N2CCCN(CC(C)C)C3(CCCCC3)CC(=O)NCC2)ccn1. The van der Waals surface area contributed by atoms with Crippen LogP contribution in [0.25, 0.3) is 0 Å². The molecule has 0 bridgehead atoms. The summed E-state index contributed by atoms with van der Waals surface area (Å²) >= 11 is 0. The third-order valence-electron chi connectivity index (χ3n) is 6.52. The fourth-order valence-electron chi connectivity index (χ4n) is 5.10. The maximum Gasteiger partial charge on any atom is 0.254 e. The molecule has 1 aliphatic carbocycles. The van der Waals surface area contributed by atoms with E-state index in [1.165, 1.54) is 19.3 Å². The second-order valence-electron chi connectivity index (χ2n) is 9.48. The number of amides is 2. The number of carbonyl (C=O) groups is 2. The minimum absolute atomic E-state index is 0.0198. The number of hydrogen-bond acceptors (Lipinski definition) is 4. The van der Waals surface area contributed by atoms with Gasteiger partial charge in [0, 0.05) is 62.1 Å². The van der Waals surface area contributed by atoms with Gasteiger partial charge < -0.3 is 10.2 Å². The van der Waals surface area contributed by atoms with Gasteiger partial charge in [0.15, 0.2) is 0 Å². The van der Waals surface area contributed by atoms with Crippen molar-refractivity contribution in [2.45, 2.75) is 71.3 Å². The Morgan fingerprint density at radius 3 is 2.63 bits per heavy atom. The normalized spacial score (nSPS) is 21.3. The van der Waals surface area contributed by atoms with Crippen LogP contribution in [0.2, 0.25) is 0 Å². The van der Waals surface area contributed by atoms with Crippen LogP contribution in [-0.4, -0.2) is 64.9 Å². The topological polar surface area (TPSA) is 65.5 Å². The lowest BCUT2D eigenvalue weighted by molar-refractivity contribution is -0.125. The monoisotopic (exact) mass is 414 g/mol. The summed E-state index contributed by atoms with van der Waals surface area (Å²) in [6, 6.07) is 3.62.